The number of aryl methyl sites for hydroxylation is 1. The Morgan fingerprint density at radius 1 is 1.43 bits per heavy atom. The van der Waals surface area contributed by atoms with Crippen molar-refractivity contribution >= 4 is 5.97 Å². The summed E-state index contributed by atoms with van der Waals surface area (Å²) >= 11 is 0. The summed E-state index contributed by atoms with van der Waals surface area (Å²) in [7, 11) is 1.54. The molecule has 1 rings (SSSR count). The molecule has 0 fully saturated rings. The number of aliphatic hydroxyl groups is 1. The highest BCUT2D eigenvalue weighted by molar-refractivity contribution is 5.67. The molecule has 0 spiro atoms. The van der Waals surface area contributed by atoms with Crippen LogP contribution >= 0.6 is 0 Å². The van der Waals surface area contributed by atoms with Gasteiger partial charge in [0.1, 0.15) is 5.75 Å². The van der Waals surface area contributed by atoms with E-state index >= 15 is 0 Å². The predicted molar refractivity (Wildman–Crippen MR) is 81.6 cm³/mol. The van der Waals surface area contributed by atoms with Crippen molar-refractivity contribution in [1.29, 1.82) is 0 Å². The Morgan fingerprint density at radius 3 is 2.71 bits per heavy atom. The van der Waals surface area contributed by atoms with Crippen LogP contribution in [0.1, 0.15) is 43.4 Å². The Bertz CT molecular complexity index is 462. The molecule has 0 saturated carbocycles. The number of carboxylic acids is 1. The van der Waals surface area contributed by atoms with Gasteiger partial charge in [0.25, 0.3) is 0 Å². The van der Waals surface area contributed by atoms with E-state index in [-0.39, 0.29) is 6.42 Å². The molecule has 2 atom stereocenters. The molecule has 118 valence electrons. The van der Waals surface area contributed by atoms with Gasteiger partial charge in [-0.15, -0.1) is 0 Å². The van der Waals surface area contributed by atoms with Crippen LogP contribution in [0.25, 0.3) is 0 Å². The smallest absolute Gasteiger partial charge is 0.305 e. The highest BCUT2D eigenvalue weighted by Crippen LogP contribution is 2.29. The van der Waals surface area contributed by atoms with Crippen LogP contribution in [0.5, 0.6) is 5.75 Å². The Hall–Kier alpha value is -1.59. The van der Waals surface area contributed by atoms with Crippen LogP contribution in [0.15, 0.2) is 18.2 Å². The zero-order chi connectivity index (χ0) is 15.8. The van der Waals surface area contributed by atoms with Crippen molar-refractivity contribution in [2.24, 2.45) is 0 Å². The second-order valence-electron chi connectivity index (χ2n) is 5.20. The average molecular weight is 295 g/mol. The van der Waals surface area contributed by atoms with Crippen molar-refractivity contribution in [2.75, 3.05) is 13.7 Å². The number of carboxylic acid groups (broad SMARTS) is 1. The first kappa shape index (κ1) is 17.5. The van der Waals surface area contributed by atoms with E-state index in [1.165, 1.54) is 7.11 Å². The molecule has 0 amide bonds. The predicted octanol–water partition coefficient (Wildman–Crippen LogP) is 2.27. The summed E-state index contributed by atoms with van der Waals surface area (Å²) in [4.78, 5) is 11.0. The van der Waals surface area contributed by atoms with Gasteiger partial charge < -0.3 is 20.3 Å². The van der Waals surface area contributed by atoms with E-state index in [0.29, 0.717) is 17.9 Å². The van der Waals surface area contributed by atoms with Gasteiger partial charge in [0.15, 0.2) is 0 Å². The lowest BCUT2D eigenvalue weighted by molar-refractivity contribution is -0.138. The Kier molecular flexibility index (Phi) is 7.19. The van der Waals surface area contributed by atoms with Crippen LogP contribution in [-0.2, 0) is 4.79 Å². The third kappa shape index (κ3) is 5.36. The summed E-state index contributed by atoms with van der Waals surface area (Å²) in [5.41, 5.74) is 1.61. The van der Waals surface area contributed by atoms with E-state index in [1.54, 1.807) is 6.07 Å². The number of hydrogen-bond donors (Lipinski definition) is 3. The zero-order valence-electron chi connectivity index (χ0n) is 12.9. The minimum Gasteiger partial charge on any atom is -0.496 e. The molecule has 5 heteroatoms. The van der Waals surface area contributed by atoms with Gasteiger partial charge in [0.2, 0.25) is 0 Å². The second kappa shape index (κ2) is 8.64. The first-order valence-electron chi connectivity index (χ1n) is 7.27. The van der Waals surface area contributed by atoms with Gasteiger partial charge in [-0.1, -0.05) is 25.0 Å². The van der Waals surface area contributed by atoms with Gasteiger partial charge in [0, 0.05) is 11.6 Å². The monoisotopic (exact) mass is 295 g/mol. The lowest BCUT2D eigenvalue weighted by Crippen LogP contribution is -2.37. The van der Waals surface area contributed by atoms with Crippen LogP contribution in [0.4, 0.5) is 0 Å². The molecule has 1 aromatic carbocycles. The zero-order valence-corrected chi connectivity index (χ0v) is 12.9. The molecular formula is C16H25NO4. The van der Waals surface area contributed by atoms with E-state index in [2.05, 4.69) is 12.2 Å². The molecule has 1 aromatic rings. The Morgan fingerprint density at radius 2 is 2.14 bits per heavy atom. The number of benzene rings is 1. The maximum atomic E-state index is 11.0. The maximum Gasteiger partial charge on any atom is 0.305 e. The molecule has 0 heterocycles. The van der Waals surface area contributed by atoms with E-state index < -0.39 is 18.1 Å². The van der Waals surface area contributed by atoms with Crippen LogP contribution in [0.3, 0.4) is 0 Å². The molecule has 0 aliphatic heterocycles. The van der Waals surface area contributed by atoms with Gasteiger partial charge in [-0.05, 0) is 32.0 Å². The van der Waals surface area contributed by atoms with Gasteiger partial charge in [-0.2, -0.15) is 0 Å². The standard InChI is InChI=1S/C16H25NO4/c1-4-5-8-17-13(10-15(18)19)16(20)12-9-11(2)6-7-14(12)21-3/h6-7,9,13,16-17,20H,4-5,8,10H2,1-3H3,(H,18,19). The van der Waals surface area contributed by atoms with Gasteiger partial charge in [-0.25, -0.2) is 0 Å². The van der Waals surface area contributed by atoms with Crippen LogP contribution in [0, 0.1) is 6.92 Å². The average Bonchev–Trinajstić information content (AvgIpc) is 2.45. The van der Waals surface area contributed by atoms with E-state index in [9.17, 15) is 9.90 Å². The van der Waals surface area contributed by atoms with Crippen LogP contribution in [0.2, 0.25) is 0 Å². The van der Waals surface area contributed by atoms with Crippen molar-refractivity contribution in [1.82, 2.24) is 5.32 Å². The summed E-state index contributed by atoms with van der Waals surface area (Å²) in [6, 6.07) is 4.98. The summed E-state index contributed by atoms with van der Waals surface area (Å²) in [5, 5.41) is 22.7. The molecule has 0 aromatic heterocycles. The molecule has 0 saturated heterocycles. The lowest BCUT2D eigenvalue weighted by Gasteiger charge is -2.25. The minimum atomic E-state index is -0.935. The molecule has 21 heavy (non-hydrogen) atoms. The highest BCUT2D eigenvalue weighted by Gasteiger charge is 2.25. The van der Waals surface area contributed by atoms with Gasteiger partial charge in [0.05, 0.1) is 19.6 Å². The fourth-order valence-corrected chi connectivity index (χ4v) is 2.25. The molecule has 0 bridgehead atoms. The Labute approximate surface area is 125 Å². The number of unbranched alkanes of at least 4 members (excludes halogenated alkanes) is 1. The summed E-state index contributed by atoms with van der Waals surface area (Å²) in [6.45, 7) is 4.67. The molecule has 0 aliphatic rings. The van der Waals surface area contributed by atoms with E-state index in [4.69, 9.17) is 9.84 Å². The second-order valence-corrected chi connectivity index (χ2v) is 5.20. The molecule has 2 unspecified atom stereocenters. The van der Waals surface area contributed by atoms with Crippen molar-refractivity contribution in [3.8, 4) is 5.75 Å². The summed E-state index contributed by atoms with van der Waals surface area (Å²) < 4.78 is 5.27. The largest absolute Gasteiger partial charge is 0.496 e. The Balaban J connectivity index is 2.94. The number of aliphatic carboxylic acids is 1. The van der Waals surface area contributed by atoms with Crippen LogP contribution in [-0.4, -0.2) is 35.9 Å². The number of rotatable bonds is 9. The summed E-state index contributed by atoms with van der Waals surface area (Å²) in [5.74, 6) is -0.365. The van der Waals surface area contributed by atoms with Crippen LogP contribution < -0.4 is 10.1 Å². The number of nitrogens with one attached hydrogen (secondary N) is 1. The van der Waals surface area contributed by atoms with Crippen molar-refractivity contribution in [3.05, 3.63) is 29.3 Å². The number of ether oxygens (including phenoxy) is 1. The van der Waals surface area contributed by atoms with Crippen molar-refractivity contribution in [3.63, 3.8) is 0 Å². The first-order chi connectivity index (χ1) is 9.99. The topological polar surface area (TPSA) is 78.8 Å². The van der Waals surface area contributed by atoms with E-state index in [1.807, 2.05) is 19.1 Å². The quantitative estimate of drug-likeness (QED) is 0.609. The SMILES string of the molecule is CCCCNC(CC(=O)O)C(O)c1cc(C)ccc1OC. The summed E-state index contributed by atoms with van der Waals surface area (Å²) in [6.07, 6.45) is 0.889. The molecule has 0 aliphatic carbocycles. The van der Waals surface area contributed by atoms with Gasteiger partial charge >= 0.3 is 5.97 Å². The highest BCUT2D eigenvalue weighted by atomic mass is 16.5. The van der Waals surface area contributed by atoms with Crippen molar-refractivity contribution < 1.29 is 19.7 Å². The van der Waals surface area contributed by atoms with E-state index in [0.717, 1.165) is 18.4 Å². The number of methoxy groups -OCH3 is 1. The molecule has 0 radical (unpaired) electrons. The third-order valence-electron chi connectivity index (χ3n) is 3.42. The molecular weight excluding hydrogens is 270 g/mol. The first-order valence-corrected chi connectivity index (χ1v) is 7.27. The number of carbonyl (C=O) groups is 1. The molecule has 3 N–H and O–H groups in total. The normalized spacial score (nSPS) is 13.7. The maximum absolute atomic E-state index is 11.0. The van der Waals surface area contributed by atoms with Gasteiger partial charge in [-0.3, -0.25) is 4.79 Å². The fourth-order valence-electron chi connectivity index (χ4n) is 2.25. The number of hydrogen-bond acceptors (Lipinski definition) is 4. The third-order valence-corrected chi connectivity index (χ3v) is 3.42. The molecule has 5 nitrogen and oxygen atoms in total. The fraction of sp³-hybridized carbons (Fsp3) is 0.562. The number of aliphatic hydroxyl groups excluding tert-OH is 1. The minimum absolute atomic E-state index is 0.137. The lowest BCUT2D eigenvalue weighted by atomic mass is 9.97. The van der Waals surface area contributed by atoms with Crippen molar-refractivity contribution in [2.45, 2.75) is 45.3 Å².